The number of thiocarbonyl (C=S) groups is 1. The number of amides is 1. The SMILES string of the molecule is CC(C)COc1ccccc1C(=O)NC(=S)Nc1ccc(S(=O)(=O)N(C)Cc2ccccc2)cc1. The van der Waals surface area contributed by atoms with E-state index >= 15 is 0 Å². The monoisotopic (exact) mass is 511 g/mol. The van der Waals surface area contributed by atoms with Gasteiger partial charge < -0.3 is 10.1 Å². The Balaban J connectivity index is 1.62. The highest BCUT2D eigenvalue weighted by Crippen LogP contribution is 2.20. The number of carbonyl (C=O) groups is 1. The zero-order valence-electron chi connectivity index (χ0n) is 19.9. The van der Waals surface area contributed by atoms with Gasteiger partial charge in [0.15, 0.2) is 5.11 Å². The van der Waals surface area contributed by atoms with Crippen molar-refractivity contribution in [1.82, 2.24) is 9.62 Å². The molecule has 3 rings (SSSR count). The van der Waals surface area contributed by atoms with Crippen LogP contribution in [0.2, 0.25) is 0 Å². The van der Waals surface area contributed by atoms with Crippen molar-refractivity contribution in [3.05, 3.63) is 90.0 Å². The van der Waals surface area contributed by atoms with E-state index in [9.17, 15) is 13.2 Å². The average Bonchev–Trinajstić information content (AvgIpc) is 2.83. The lowest BCUT2D eigenvalue weighted by molar-refractivity contribution is 0.0973. The highest BCUT2D eigenvalue weighted by molar-refractivity contribution is 7.89. The van der Waals surface area contributed by atoms with Crippen LogP contribution in [0.4, 0.5) is 5.69 Å². The maximum Gasteiger partial charge on any atom is 0.261 e. The second kappa shape index (κ2) is 11.9. The van der Waals surface area contributed by atoms with Gasteiger partial charge in [-0.25, -0.2) is 8.42 Å². The van der Waals surface area contributed by atoms with Gasteiger partial charge in [-0.05, 0) is 60.1 Å². The number of ether oxygens (including phenoxy) is 1. The first-order valence-corrected chi connectivity index (χ1v) is 13.0. The molecule has 0 radical (unpaired) electrons. The number of para-hydroxylation sites is 1. The fourth-order valence-corrected chi connectivity index (χ4v) is 4.55. The third kappa shape index (κ3) is 7.35. The molecule has 3 aromatic rings. The van der Waals surface area contributed by atoms with E-state index < -0.39 is 15.9 Å². The molecule has 0 saturated heterocycles. The van der Waals surface area contributed by atoms with Gasteiger partial charge >= 0.3 is 0 Å². The van der Waals surface area contributed by atoms with Crippen LogP contribution in [0.5, 0.6) is 5.75 Å². The van der Waals surface area contributed by atoms with Crippen LogP contribution in [0.25, 0.3) is 0 Å². The van der Waals surface area contributed by atoms with Gasteiger partial charge in [0.05, 0.1) is 17.1 Å². The summed E-state index contributed by atoms with van der Waals surface area (Å²) >= 11 is 5.27. The minimum atomic E-state index is -3.66. The number of rotatable bonds is 9. The Morgan fingerprint density at radius 3 is 2.26 bits per heavy atom. The first kappa shape index (κ1) is 26.3. The summed E-state index contributed by atoms with van der Waals surface area (Å²) in [5, 5.41) is 5.64. The van der Waals surface area contributed by atoms with Gasteiger partial charge in [0, 0.05) is 19.3 Å². The van der Waals surface area contributed by atoms with Gasteiger partial charge in [-0.15, -0.1) is 0 Å². The number of hydrogen-bond acceptors (Lipinski definition) is 5. The number of benzene rings is 3. The third-order valence-corrected chi connectivity index (χ3v) is 7.02. The van der Waals surface area contributed by atoms with Gasteiger partial charge in [-0.1, -0.05) is 56.3 Å². The molecule has 0 atom stereocenters. The van der Waals surface area contributed by atoms with E-state index in [4.69, 9.17) is 17.0 Å². The normalized spacial score (nSPS) is 11.3. The summed E-state index contributed by atoms with van der Waals surface area (Å²) in [4.78, 5) is 12.9. The summed E-state index contributed by atoms with van der Waals surface area (Å²) in [6.45, 7) is 4.81. The highest BCUT2D eigenvalue weighted by Gasteiger charge is 2.21. The molecule has 184 valence electrons. The van der Waals surface area contributed by atoms with Crippen molar-refractivity contribution in [2.75, 3.05) is 19.0 Å². The van der Waals surface area contributed by atoms with Crippen LogP contribution in [0, 0.1) is 5.92 Å². The number of sulfonamides is 1. The summed E-state index contributed by atoms with van der Waals surface area (Å²) in [6, 6.07) is 22.5. The van der Waals surface area contributed by atoms with Crippen molar-refractivity contribution in [3.8, 4) is 5.75 Å². The van der Waals surface area contributed by atoms with E-state index in [0.29, 0.717) is 29.5 Å². The third-order valence-electron chi connectivity index (χ3n) is 5.00. The standard InChI is InChI=1S/C26H29N3O4S2/c1-19(2)18-33-24-12-8-7-11-23(24)25(30)28-26(34)27-21-13-15-22(16-14-21)35(31,32)29(3)17-20-9-5-4-6-10-20/h4-16,19H,17-18H2,1-3H3,(H2,27,28,30,34). The van der Waals surface area contributed by atoms with E-state index in [2.05, 4.69) is 10.6 Å². The van der Waals surface area contributed by atoms with Crippen LogP contribution in [0.15, 0.2) is 83.8 Å². The molecule has 0 heterocycles. The molecule has 0 aliphatic rings. The van der Waals surface area contributed by atoms with Crippen LogP contribution >= 0.6 is 12.2 Å². The highest BCUT2D eigenvalue weighted by atomic mass is 32.2. The maximum absolute atomic E-state index is 12.9. The van der Waals surface area contributed by atoms with Gasteiger partial charge in [0.25, 0.3) is 5.91 Å². The predicted molar refractivity (Wildman–Crippen MR) is 142 cm³/mol. The molecule has 7 nitrogen and oxygen atoms in total. The minimum absolute atomic E-state index is 0.0884. The summed E-state index contributed by atoms with van der Waals surface area (Å²) in [5.41, 5.74) is 1.82. The average molecular weight is 512 g/mol. The maximum atomic E-state index is 12.9. The molecule has 0 aliphatic carbocycles. The second-order valence-electron chi connectivity index (χ2n) is 8.38. The van der Waals surface area contributed by atoms with Crippen LogP contribution < -0.4 is 15.4 Å². The summed E-state index contributed by atoms with van der Waals surface area (Å²) in [7, 11) is -2.12. The number of nitrogens with zero attached hydrogens (tertiary/aromatic N) is 1. The van der Waals surface area contributed by atoms with Gasteiger partial charge in [-0.2, -0.15) is 4.31 Å². The molecule has 35 heavy (non-hydrogen) atoms. The molecule has 0 spiro atoms. The Morgan fingerprint density at radius 2 is 1.60 bits per heavy atom. The van der Waals surface area contributed by atoms with Crippen molar-refractivity contribution >= 4 is 38.9 Å². The lowest BCUT2D eigenvalue weighted by Gasteiger charge is -2.18. The molecule has 2 N–H and O–H groups in total. The van der Waals surface area contributed by atoms with E-state index in [1.807, 2.05) is 44.2 Å². The largest absolute Gasteiger partial charge is 0.492 e. The zero-order chi connectivity index (χ0) is 25.4. The molecule has 0 unspecified atom stereocenters. The fourth-order valence-electron chi connectivity index (χ4n) is 3.19. The lowest BCUT2D eigenvalue weighted by atomic mass is 10.2. The molecule has 0 fully saturated rings. The molecule has 0 aliphatic heterocycles. The van der Waals surface area contributed by atoms with Crippen molar-refractivity contribution < 1.29 is 17.9 Å². The van der Waals surface area contributed by atoms with Crippen LogP contribution in [-0.4, -0.2) is 37.4 Å². The first-order chi connectivity index (χ1) is 16.7. The zero-order valence-corrected chi connectivity index (χ0v) is 21.5. The molecular formula is C26H29N3O4S2. The van der Waals surface area contributed by atoms with Crippen LogP contribution in [-0.2, 0) is 16.6 Å². The van der Waals surface area contributed by atoms with Crippen molar-refractivity contribution in [2.24, 2.45) is 5.92 Å². The summed E-state index contributed by atoms with van der Waals surface area (Å²) < 4.78 is 32.9. The van der Waals surface area contributed by atoms with Crippen molar-refractivity contribution in [3.63, 3.8) is 0 Å². The second-order valence-corrected chi connectivity index (χ2v) is 10.8. The molecule has 0 aromatic heterocycles. The molecule has 0 saturated carbocycles. The number of carbonyl (C=O) groups excluding carboxylic acids is 1. The molecule has 3 aromatic carbocycles. The Labute approximate surface area is 212 Å². The topological polar surface area (TPSA) is 87.7 Å². The molecule has 1 amide bonds. The minimum Gasteiger partial charge on any atom is -0.492 e. The van der Waals surface area contributed by atoms with Gasteiger partial charge in [0.1, 0.15) is 5.75 Å². The fraction of sp³-hybridized carbons (Fsp3) is 0.231. The summed E-state index contributed by atoms with van der Waals surface area (Å²) in [6.07, 6.45) is 0. The van der Waals surface area contributed by atoms with Gasteiger partial charge in [0.2, 0.25) is 10.0 Å². The number of hydrogen-bond donors (Lipinski definition) is 2. The number of anilines is 1. The molecular weight excluding hydrogens is 482 g/mol. The van der Waals surface area contributed by atoms with Crippen LogP contribution in [0.3, 0.4) is 0 Å². The Kier molecular flexibility index (Phi) is 8.97. The Morgan fingerprint density at radius 1 is 0.971 bits per heavy atom. The van der Waals surface area contributed by atoms with Crippen molar-refractivity contribution in [1.29, 1.82) is 0 Å². The Bertz CT molecular complexity index is 1260. The predicted octanol–water partition coefficient (Wildman–Crippen LogP) is 4.67. The molecule has 9 heteroatoms. The number of nitrogens with one attached hydrogen (secondary N) is 2. The van der Waals surface area contributed by atoms with Crippen LogP contribution in [0.1, 0.15) is 29.8 Å². The quantitative estimate of drug-likeness (QED) is 0.406. The van der Waals surface area contributed by atoms with Crippen molar-refractivity contribution in [2.45, 2.75) is 25.3 Å². The molecule has 0 bridgehead atoms. The van der Waals surface area contributed by atoms with E-state index in [-0.39, 0.29) is 16.6 Å². The van der Waals surface area contributed by atoms with E-state index in [1.54, 1.807) is 43.4 Å². The Hall–Kier alpha value is -3.27. The van der Waals surface area contributed by atoms with Gasteiger partial charge in [-0.3, -0.25) is 10.1 Å². The lowest BCUT2D eigenvalue weighted by Crippen LogP contribution is -2.34. The first-order valence-electron chi connectivity index (χ1n) is 11.1. The van der Waals surface area contributed by atoms with E-state index in [0.717, 1.165) is 5.56 Å². The van der Waals surface area contributed by atoms with E-state index in [1.165, 1.54) is 16.4 Å². The summed E-state index contributed by atoms with van der Waals surface area (Å²) in [5.74, 6) is 0.401. The smallest absolute Gasteiger partial charge is 0.261 e.